The molecular formula is C13H30N2O3. The fourth-order valence-corrected chi connectivity index (χ4v) is 1.04. The van der Waals surface area contributed by atoms with Crippen LogP contribution in [0.15, 0.2) is 0 Å². The molecule has 0 heterocycles. The Labute approximate surface area is 112 Å². The summed E-state index contributed by atoms with van der Waals surface area (Å²) in [5.74, 6) is 0.0676. The first-order chi connectivity index (χ1) is 8.66. The molecule has 0 aliphatic heterocycles. The molecule has 0 radical (unpaired) electrons. The number of carbonyl (C=O) groups excluding carboxylic acids is 1. The van der Waals surface area contributed by atoms with Gasteiger partial charge in [-0.2, -0.15) is 0 Å². The minimum Gasteiger partial charge on any atom is -0.379 e. The van der Waals surface area contributed by atoms with Crippen molar-refractivity contribution in [1.82, 2.24) is 10.2 Å². The van der Waals surface area contributed by atoms with Crippen LogP contribution in [-0.2, 0) is 14.3 Å². The normalized spacial score (nSPS) is 10.1. The van der Waals surface area contributed by atoms with Gasteiger partial charge < -0.3 is 19.7 Å². The molecule has 0 aliphatic carbocycles. The zero-order valence-corrected chi connectivity index (χ0v) is 12.6. The molecule has 0 bridgehead atoms. The Morgan fingerprint density at radius 3 is 2.17 bits per heavy atom. The number of Topliss-reactive ketones (excluding diaryl/α,β-unsaturated/α-hetero) is 1. The van der Waals surface area contributed by atoms with E-state index in [-0.39, 0.29) is 12.4 Å². The van der Waals surface area contributed by atoms with Crippen LogP contribution in [-0.4, -0.2) is 70.8 Å². The van der Waals surface area contributed by atoms with Crippen LogP contribution in [0, 0.1) is 0 Å². The van der Waals surface area contributed by atoms with E-state index in [4.69, 9.17) is 9.47 Å². The summed E-state index contributed by atoms with van der Waals surface area (Å²) in [4.78, 5) is 12.7. The summed E-state index contributed by atoms with van der Waals surface area (Å²) in [7, 11) is 3.92. The lowest BCUT2D eigenvalue weighted by atomic mass is 10.5. The van der Waals surface area contributed by atoms with Crippen molar-refractivity contribution in [1.29, 1.82) is 0 Å². The number of ether oxygens (including phenoxy) is 2. The Kier molecular flexibility index (Phi) is 18.2. The molecule has 0 unspecified atom stereocenters. The largest absolute Gasteiger partial charge is 0.379 e. The van der Waals surface area contributed by atoms with Crippen molar-refractivity contribution in [2.24, 2.45) is 0 Å². The molecule has 0 aromatic carbocycles. The number of rotatable bonds is 11. The lowest BCUT2D eigenvalue weighted by Gasteiger charge is -2.16. The number of likely N-dealkylation sites (N-methyl/N-ethyl adjacent to an activating group) is 2. The van der Waals surface area contributed by atoms with Crippen molar-refractivity contribution in [3.05, 3.63) is 0 Å². The summed E-state index contributed by atoms with van der Waals surface area (Å²) >= 11 is 0. The molecule has 0 spiro atoms. The van der Waals surface area contributed by atoms with Gasteiger partial charge in [0.2, 0.25) is 0 Å². The van der Waals surface area contributed by atoms with Gasteiger partial charge in [0.1, 0.15) is 6.61 Å². The molecular weight excluding hydrogens is 232 g/mol. The van der Waals surface area contributed by atoms with Crippen LogP contribution < -0.4 is 5.32 Å². The third-order valence-corrected chi connectivity index (χ3v) is 2.04. The zero-order chi connectivity index (χ0) is 14.2. The predicted octanol–water partition coefficient (Wildman–Crippen LogP) is 0.786. The van der Waals surface area contributed by atoms with Crippen molar-refractivity contribution >= 4 is 5.78 Å². The minimum absolute atomic E-state index is 0.0676. The standard InChI is InChI=1S/C11H24N2O3.C2H6/c1-11(14)10-16-9-6-13(3)5-8-15-7-4-12-2;1-2/h12H,4-10H2,1-3H3;1-2H3. The van der Waals surface area contributed by atoms with E-state index in [1.807, 2.05) is 27.9 Å². The average Bonchev–Trinajstić information content (AvgIpc) is 2.36. The quantitative estimate of drug-likeness (QED) is 0.558. The Bertz CT molecular complexity index is 178. The van der Waals surface area contributed by atoms with E-state index >= 15 is 0 Å². The van der Waals surface area contributed by atoms with E-state index in [0.717, 1.165) is 32.8 Å². The molecule has 0 amide bonds. The maximum absolute atomic E-state index is 10.6. The number of carbonyl (C=O) groups is 1. The Morgan fingerprint density at radius 1 is 1.11 bits per heavy atom. The van der Waals surface area contributed by atoms with Crippen LogP contribution in [0.3, 0.4) is 0 Å². The number of hydrogen-bond acceptors (Lipinski definition) is 5. The molecule has 5 heteroatoms. The SMILES string of the molecule is CC.CNCCOCCN(C)CCOCC(C)=O. The van der Waals surface area contributed by atoms with Crippen molar-refractivity contribution in [2.75, 3.05) is 60.2 Å². The van der Waals surface area contributed by atoms with E-state index in [9.17, 15) is 4.79 Å². The van der Waals surface area contributed by atoms with Crippen molar-refractivity contribution in [3.8, 4) is 0 Å². The second-order valence-corrected chi connectivity index (χ2v) is 3.77. The van der Waals surface area contributed by atoms with Gasteiger partial charge in [0.25, 0.3) is 0 Å². The molecule has 0 atom stereocenters. The van der Waals surface area contributed by atoms with Crippen LogP contribution in [0.25, 0.3) is 0 Å². The Balaban J connectivity index is 0. The number of nitrogens with zero attached hydrogens (tertiary/aromatic N) is 1. The van der Waals surface area contributed by atoms with Crippen molar-refractivity contribution in [2.45, 2.75) is 20.8 Å². The van der Waals surface area contributed by atoms with E-state index < -0.39 is 0 Å². The molecule has 0 aromatic rings. The second-order valence-electron chi connectivity index (χ2n) is 3.77. The smallest absolute Gasteiger partial charge is 0.155 e. The molecule has 0 aromatic heterocycles. The van der Waals surface area contributed by atoms with Gasteiger partial charge in [0, 0.05) is 19.6 Å². The first kappa shape index (κ1) is 19.8. The second kappa shape index (κ2) is 16.5. The summed E-state index contributed by atoms with van der Waals surface area (Å²) in [6.07, 6.45) is 0. The monoisotopic (exact) mass is 262 g/mol. The van der Waals surface area contributed by atoms with Gasteiger partial charge in [0.05, 0.1) is 19.8 Å². The van der Waals surface area contributed by atoms with Gasteiger partial charge in [-0.3, -0.25) is 4.79 Å². The van der Waals surface area contributed by atoms with E-state index in [2.05, 4.69) is 10.2 Å². The van der Waals surface area contributed by atoms with E-state index in [1.54, 1.807) is 0 Å². The molecule has 5 nitrogen and oxygen atoms in total. The summed E-state index contributed by atoms with van der Waals surface area (Å²) in [5, 5.41) is 3.02. The molecule has 0 saturated carbocycles. The number of ketones is 1. The fourth-order valence-electron chi connectivity index (χ4n) is 1.04. The predicted molar refractivity (Wildman–Crippen MR) is 75.1 cm³/mol. The number of nitrogens with one attached hydrogen (secondary N) is 1. The van der Waals surface area contributed by atoms with Gasteiger partial charge in [-0.15, -0.1) is 0 Å². The summed E-state index contributed by atoms with van der Waals surface area (Å²) in [5.41, 5.74) is 0. The van der Waals surface area contributed by atoms with Gasteiger partial charge in [0.15, 0.2) is 5.78 Å². The third kappa shape index (κ3) is 17.9. The molecule has 0 saturated heterocycles. The maximum Gasteiger partial charge on any atom is 0.155 e. The number of hydrogen-bond donors (Lipinski definition) is 1. The highest BCUT2D eigenvalue weighted by atomic mass is 16.5. The van der Waals surface area contributed by atoms with Crippen LogP contribution in [0.4, 0.5) is 0 Å². The molecule has 0 fully saturated rings. The molecule has 0 aliphatic rings. The van der Waals surface area contributed by atoms with Gasteiger partial charge in [-0.1, -0.05) is 13.8 Å². The van der Waals surface area contributed by atoms with Crippen LogP contribution >= 0.6 is 0 Å². The zero-order valence-electron chi connectivity index (χ0n) is 12.6. The molecule has 18 heavy (non-hydrogen) atoms. The average molecular weight is 262 g/mol. The van der Waals surface area contributed by atoms with Crippen LogP contribution in [0.2, 0.25) is 0 Å². The molecule has 0 rings (SSSR count). The van der Waals surface area contributed by atoms with Crippen LogP contribution in [0.5, 0.6) is 0 Å². The summed E-state index contributed by atoms with van der Waals surface area (Å²) in [6.45, 7) is 10.4. The lowest BCUT2D eigenvalue weighted by Crippen LogP contribution is -2.28. The highest BCUT2D eigenvalue weighted by molar-refractivity contribution is 5.76. The van der Waals surface area contributed by atoms with Crippen LogP contribution in [0.1, 0.15) is 20.8 Å². The van der Waals surface area contributed by atoms with E-state index in [1.165, 1.54) is 6.92 Å². The summed E-state index contributed by atoms with van der Waals surface area (Å²) < 4.78 is 10.6. The fraction of sp³-hybridized carbons (Fsp3) is 0.923. The van der Waals surface area contributed by atoms with Gasteiger partial charge in [-0.05, 0) is 21.0 Å². The van der Waals surface area contributed by atoms with E-state index in [0.29, 0.717) is 6.61 Å². The topological polar surface area (TPSA) is 50.8 Å². The highest BCUT2D eigenvalue weighted by Gasteiger charge is 1.99. The first-order valence-corrected chi connectivity index (χ1v) is 6.65. The first-order valence-electron chi connectivity index (χ1n) is 6.65. The minimum atomic E-state index is 0.0676. The Hall–Kier alpha value is -0.490. The lowest BCUT2D eigenvalue weighted by molar-refractivity contribution is -0.121. The third-order valence-electron chi connectivity index (χ3n) is 2.04. The Morgan fingerprint density at radius 2 is 1.67 bits per heavy atom. The summed E-state index contributed by atoms with van der Waals surface area (Å²) in [6, 6.07) is 0. The van der Waals surface area contributed by atoms with Gasteiger partial charge in [-0.25, -0.2) is 0 Å². The maximum atomic E-state index is 10.6. The molecule has 110 valence electrons. The van der Waals surface area contributed by atoms with Gasteiger partial charge >= 0.3 is 0 Å². The highest BCUT2D eigenvalue weighted by Crippen LogP contribution is 1.85. The van der Waals surface area contributed by atoms with Crippen molar-refractivity contribution < 1.29 is 14.3 Å². The molecule has 1 N–H and O–H groups in total. The van der Waals surface area contributed by atoms with Crippen molar-refractivity contribution in [3.63, 3.8) is 0 Å².